The summed E-state index contributed by atoms with van der Waals surface area (Å²) in [5.74, 6) is -0.147. The van der Waals surface area contributed by atoms with E-state index in [9.17, 15) is 12.8 Å². The van der Waals surface area contributed by atoms with Crippen molar-refractivity contribution in [1.82, 2.24) is 9.88 Å². The Bertz CT molecular complexity index is 846. The lowest BCUT2D eigenvalue weighted by molar-refractivity contribution is 0.0767. The fraction of sp³-hybridized carbons (Fsp3) is 0.353. The highest BCUT2D eigenvalue weighted by atomic mass is 35.5. The summed E-state index contributed by atoms with van der Waals surface area (Å²) in [7, 11) is -1.97. The van der Waals surface area contributed by atoms with E-state index in [1.807, 2.05) is 14.0 Å². The highest BCUT2D eigenvalue weighted by Gasteiger charge is 2.24. The van der Waals surface area contributed by atoms with E-state index in [-0.39, 0.29) is 9.92 Å². The van der Waals surface area contributed by atoms with Gasteiger partial charge >= 0.3 is 0 Å². The zero-order chi connectivity index (χ0) is 19.3. The number of likely N-dealkylation sites (tertiary alicyclic amines) is 1. The van der Waals surface area contributed by atoms with Crippen LogP contribution in [0.25, 0.3) is 0 Å². The van der Waals surface area contributed by atoms with Gasteiger partial charge in [0.25, 0.3) is 10.1 Å². The van der Waals surface area contributed by atoms with E-state index in [1.165, 1.54) is 24.4 Å². The number of nitrogens with zero attached hydrogens (tertiary/aromatic N) is 2. The molecule has 1 N–H and O–H groups in total. The zero-order valence-electron chi connectivity index (χ0n) is 14.4. The van der Waals surface area contributed by atoms with E-state index in [1.54, 1.807) is 12.1 Å². The molecule has 0 saturated carbocycles. The number of pyridine rings is 1. The molecule has 2 heterocycles. The minimum Gasteiger partial charge on any atom is -0.490 e. The van der Waals surface area contributed by atoms with E-state index in [4.69, 9.17) is 20.9 Å². The Morgan fingerprint density at radius 2 is 2.04 bits per heavy atom. The Hall–Kier alpha value is -1.74. The maximum absolute atomic E-state index is 12.7. The van der Waals surface area contributed by atoms with Gasteiger partial charge in [0.05, 0.1) is 16.1 Å². The van der Waals surface area contributed by atoms with Crippen LogP contribution in [0.15, 0.2) is 41.4 Å². The molecule has 0 amide bonds. The number of halogens is 2. The highest BCUT2D eigenvalue weighted by molar-refractivity contribution is 7.85. The minimum atomic E-state index is -4.02. The van der Waals surface area contributed by atoms with Gasteiger partial charge in [-0.3, -0.25) is 9.45 Å². The number of aryl methyl sites for hydroxylation is 1. The fourth-order valence-electron chi connectivity index (χ4n) is 2.17. The third kappa shape index (κ3) is 5.91. The van der Waals surface area contributed by atoms with Crippen LogP contribution >= 0.6 is 11.6 Å². The lowest BCUT2D eigenvalue weighted by Crippen LogP contribution is -2.48. The molecule has 1 aliphatic heterocycles. The van der Waals surface area contributed by atoms with E-state index >= 15 is 0 Å². The second-order valence-electron chi connectivity index (χ2n) is 5.97. The van der Waals surface area contributed by atoms with Gasteiger partial charge < -0.3 is 4.74 Å². The SMILES string of the molecule is CN1CC[C@H]1COc1cnc(F)c(Cl)c1.Cc1ccc(S(=O)(=O)O)cc1. The quantitative estimate of drug-likeness (QED) is 0.625. The van der Waals surface area contributed by atoms with Crippen LogP contribution in [-0.2, 0) is 10.1 Å². The largest absolute Gasteiger partial charge is 0.490 e. The number of ether oxygens (including phenoxy) is 1. The first-order valence-electron chi connectivity index (χ1n) is 7.85. The Morgan fingerprint density at radius 1 is 1.38 bits per heavy atom. The molecule has 0 spiro atoms. The molecule has 6 nitrogen and oxygen atoms in total. The van der Waals surface area contributed by atoms with Gasteiger partial charge in [0.2, 0.25) is 5.95 Å². The van der Waals surface area contributed by atoms with Crippen LogP contribution in [0.3, 0.4) is 0 Å². The molecule has 0 radical (unpaired) electrons. The van der Waals surface area contributed by atoms with E-state index < -0.39 is 16.1 Å². The molecule has 0 aliphatic carbocycles. The normalized spacial score (nSPS) is 17.0. The highest BCUT2D eigenvalue weighted by Crippen LogP contribution is 2.21. The Morgan fingerprint density at radius 3 is 2.50 bits per heavy atom. The van der Waals surface area contributed by atoms with Gasteiger partial charge in [0.1, 0.15) is 12.4 Å². The van der Waals surface area contributed by atoms with Crippen LogP contribution in [0, 0.1) is 12.9 Å². The van der Waals surface area contributed by atoms with Gasteiger partial charge in [-0.05, 0) is 39.1 Å². The molecule has 0 unspecified atom stereocenters. The lowest BCUT2D eigenvalue weighted by Gasteiger charge is -2.37. The molecule has 3 rings (SSSR count). The first-order valence-corrected chi connectivity index (χ1v) is 9.67. The third-order valence-electron chi connectivity index (χ3n) is 3.97. The number of rotatable bonds is 4. The van der Waals surface area contributed by atoms with Crippen molar-refractivity contribution >= 4 is 21.7 Å². The van der Waals surface area contributed by atoms with Crippen LogP contribution in [0.1, 0.15) is 12.0 Å². The van der Waals surface area contributed by atoms with E-state index in [0.717, 1.165) is 18.5 Å². The molecular formula is C17H20ClFN2O4S. The molecule has 1 fully saturated rings. The van der Waals surface area contributed by atoms with Crippen molar-refractivity contribution in [3.8, 4) is 5.75 Å². The van der Waals surface area contributed by atoms with Crippen LogP contribution in [0.4, 0.5) is 4.39 Å². The molecular weight excluding hydrogens is 383 g/mol. The van der Waals surface area contributed by atoms with Gasteiger partial charge in [-0.15, -0.1) is 0 Å². The maximum atomic E-state index is 12.7. The minimum absolute atomic E-state index is 0.00513. The molecule has 1 saturated heterocycles. The van der Waals surface area contributed by atoms with Gasteiger partial charge in [0, 0.05) is 12.1 Å². The summed E-state index contributed by atoms with van der Waals surface area (Å²) in [5.41, 5.74) is 0.956. The molecule has 1 aromatic heterocycles. The molecule has 26 heavy (non-hydrogen) atoms. The molecule has 2 aromatic rings. The van der Waals surface area contributed by atoms with E-state index in [2.05, 4.69) is 9.88 Å². The third-order valence-corrected chi connectivity index (χ3v) is 5.10. The summed E-state index contributed by atoms with van der Waals surface area (Å²) >= 11 is 5.58. The predicted molar refractivity (Wildman–Crippen MR) is 96.7 cm³/mol. The number of hydrogen-bond acceptors (Lipinski definition) is 5. The van der Waals surface area contributed by atoms with Crippen LogP contribution in [0.5, 0.6) is 5.75 Å². The first-order chi connectivity index (χ1) is 12.2. The van der Waals surface area contributed by atoms with Crippen LogP contribution < -0.4 is 4.74 Å². The maximum Gasteiger partial charge on any atom is 0.294 e. The number of hydrogen-bond donors (Lipinski definition) is 1. The van der Waals surface area contributed by atoms with Gasteiger partial charge in [-0.25, -0.2) is 4.98 Å². The molecule has 142 valence electrons. The predicted octanol–water partition coefficient (Wildman–Crippen LogP) is 3.20. The Labute approximate surface area is 157 Å². The summed E-state index contributed by atoms with van der Waals surface area (Å²) in [6, 6.07) is 7.89. The van der Waals surface area contributed by atoms with Crippen LogP contribution in [-0.4, -0.2) is 49.1 Å². The van der Waals surface area contributed by atoms with Gasteiger partial charge in [-0.1, -0.05) is 29.3 Å². The second kappa shape index (κ2) is 8.77. The van der Waals surface area contributed by atoms with Gasteiger partial charge in [-0.2, -0.15) is 12.8 Å². The van der Waals surface area contributed by atoms with Crippen molar-refractivity contribution in [2.24, 2.45) is 0 Å². The summed E-state index contributed by atoms with van der Waals surface area (Å²) in [6.45, 7) is 3.55. The second-order valence-corrected chi connectivity index (χ2v) is 7.79. The molecule has 1 aliphatic rings. The average molecular weight is 403 g/mol. The molecule has 0 bridgehead atoms. The number of likely N-dealkylation sites (N-methyl/N-ethyl adjacent to an activating group) is 1. The molecule has 9 heteroatoms. The smallest absolute Gasteiger partial charge is 0.294 e. The monoisotopic (exact) mass is 402 g/mol. The molecule has 1 aromatic carbocycles. The Balaban J connectivity index is 0.000000197. The van der Waals surface area contributed by atoms with Crippen molar-refractivity contribution < 1.29 is 22.1 Å². The van der Waals surface area contributed by atoms with Crippen molar-refractivity contribution in [3.05, 3.63) is 53.1 Å². The van der Waals surface area contributed by atoms with Crippen molar-refractivity contribution in [2.75, 3.05) is 20.2 Å². The van der Waals surface area contributed by atoms with Crippen molar-refractivity contribution in [2.45, 2.75) is 24.3 Å². The standard InChI is InChI=1S/C10H12ClFN2O.C7H8O3S/c1-14-3-2-7(14)6-15-8-4-9(11)10(12)13-5-8;1-6-2-4-7(5-3-6)11(8,9)10/h4-5,7H,2-3,6H2,1H3;2-5H,1H3,(H,8,9,10)/t7-;/m0./s1. The summed E-state index contributed by atoms with van der Waals surface area (Å²) in [6.07, 6.45) is 2.48. The van der Waals surface area contributed by atoms with E-state index in [0.29, 0.717) is 18.4 Å². The lowest BCUT2D eigenvalue weighted by atomic mass is 10.1. The average Bonchev–Trinajstić information content (AvgIpc) is 2.57. The summed E-state index contributed by atoms with van der Waals surface area (Å²) < 4.78 is 47.7. The van der Waals surface area contributed by atoms with Crippen molar-refractivity contribution in [1.29, 1.82) is 0 Å². The summed E-state index contributed by atoms with van der Waals surface area (Å²) in [4.78, 5) is 5.62. The fourth-order valence-corrected chi connectivity index (χ4v) is 2.80. The Kier molecular flexibility index (Phi) is 6.94. The number of aromatic nitrogens is 1. The van der Waals surface area contributed by atoms with Crippen LogP contribution in [0.2, 0.25) is 5.02 Å². The molecule has 1 atom stereocenters. The zero-order valence-corrected chi connectivity index (χ0v) is 16.0. The van der Waals surface area contributed by atoms with Crippen molar-refractivity contribution in [3.63, 3.8) is 0 Å². The summed E-state index contributed by atoms with van der Waals surface area (Å²) in [5, 5.41) is -0.00513. The van der Waals surface area contributed by atoms with Gasteiger partial charge in [0.15, 0.2) is 0 Å². The topological polar surface area (TPSA) is 79.7 Å². The first kappa shape index (κ1) is 20.6. The number of benzene rings is 1.